The molecular weight excluding hydrogens is 256 g/mol. The summed E-state index contributed by atoms with van der Waals surface area (Å²) < 4.78 is 5.78. The smallest absolute Gasteiger partial charge is 0.233 e. The van der Waals surface area contributed by atoms with Gasteiger partial charge in [0, 0.05) is 39.0 Å². The molecular formula is C14H22N4O2. The van der Waals surface area contributed by atoms with E-state index >= 15 is 0 Å². The number of anilines is 1. The van der Waals surface area contributed by atoms with Gasteiger partial charge in [0.15, 0.2) is 5.82 Å². The van der Waals surface area contributed by atoms with Gasteiger partial charge in [-0.1, -0.05) is 13.8 Å². The number of likely N-dealkylation sites (tertiary alicyclic amines) is 1. The van der Waals surface area contributed by atoms with Gasteiger partial charge in [0.2, 0.25) is 11.8 Å². The van der Waals surface area contributed by atoms with Gasteiger partial charge in [0.05, 0.1) is 6.54 Å². The molecule has 0 aromatic carbocycles. The van der Waals surface area contributed by atoms with Crippen LogP contribution in [0.4, 0.5) is 5.82 Å². The van der Waals surface area contributed by atoms with E-state index in [0.717, 1.165) is 18.8 Å². The molecule has 2 rings (SSSR count). The fraction of sp³-hybridized carbons (Fsp3) is 0.643. The normalized spacial score (nSPS) is 18.4. The number of hydrogen-bond acceptors (Lipinski definition) is 5. The average molecular weight is 278 g/mol. The second kappa shape index (κ2) is 6.07. The van der Waals surface area contributed by atoms with E-state index in [4.69, 9.17) is 4.74 Å². The molecule has 0 aliphatic carbocycles. The highest BCUT2D eigenvalue weighted by Gasteiger charge is 2.29. The lowest BCUT2D eigenvalue weighted by Gasteiger charge is -2.18. The number of ether oxygens (including phenoxy) is 1. The maximum absolute atomic E-state index is 11.9. The molecule has 110 valence electrons. The number of amides is 1. The lowest BCUT2D eigenvalue weighted by Crippen LogP contribution is -2.33. The third-order valence-corrected chi connectivity index (χ3v) is 3.32. The van der Waals surface area contributed by atoms with Crippen LogP contribution in [-0.2, 0) is 4.79 Å². The van der Waals surface area contributed by atoms with E-state index in [-0.39, 0.29) is 17.9 Å². The first-order valence-corrected chi connectivity index (χ1v) is 6.94. The van der Waals surface area contributed by atoms with Crippen LogP contribution in [-0.4, -0.2) is 54.3 Å². The summed E-state index contributed by atoms with van der Waals surface area (Å²) in [5.41, 5.74) is 0. The minimum Gasteiger partial charge on any atom is -0.471 e. The summed E-state index contributed by atoms with van der Waals surface area (Å²) in [5, 5.41) is 8.12. The Labute approximate surface area is 119 Å². The van der Waals surface area contributed by atoms with Gasteiger partial charge in [-0.05, 0) is 6.07 Å². The van der Waals surface area contributed by atoms with Crippen LogP contribution in [0.15, 0.2) is 12.1 Å². The summed E-state index contributed by atoms with van der Waals surface area (Å²) in [6.45, 7) is 5.23. The average Bonchev–Trinajstić information content (AvgIpc) is 2.86. The zero-order valence-corrected chi connectivity index (χ0v) is 12.5. The van der Waals surface area contributed by atoms with Gasteiger partial charge in [-0.15, -0.1) is 10.2 Å². The molecule has 0 radical (unpaired) electrons. The Morgan fingerprint density at radius 3 is 2.70 bits per heavy atom. The van der Waals surface area contributed by atoms with Gasteiger partial charge in [-0.3, -0.25) is 4.79 Å². The molecule has 20 heavy (non-hydrogen) atoms. The van der Waals surface area contributed by atoms with Crippen LogP contribution in [0, 0.1) is 5.92 Å². The van der Waals surface area contributed by atoms with Crippen LogP contribution < -0.4 is 9.64 Å². The van der Waals surface area contributed by atoms with Crippen molar-refractivity contribution in [3.63, 3.8) is 0 Å². The first-order chi connectivity index (χ1) is 9.47. The number of carbonyl (C=O) groups is 1. The van der Waals surface area contributed by atoms with Crippen molar-refractivity contribution in [3.05, 3.63) is 12.1 Å². The fourth-order valence-electron chi connectivity index (χ4n) is 2.17. The third kappa shape index (κ3) is 3.37. The number of rotatable bonds is 4. The SMILES string of the molecule is CC(C)C(=O)N1CCC(Oc2ccc(N(C)C)nn2)C1. The van der Waals surface area contributed by atoms with Crippen molar-refractivity contribution in [1.82, 2.24) is 15.1 Å². The molecule has 1 aromatic heterocycles. The largest absolute Gasteiger partial charge is 0.471 e. The predicted octanol–water partition coefficient (Wildman–Crippen LogP) is 1.18. The first-order valence-electron chi connectivity index (χ1n) is 6.94. The molecule has 1 atom stereocenters. The number of aromatic nitrogens is 2. The number of hydrogen-bond donors (Lipinski definition) is 0. The van der Waals surface area contributed by atoms with Gasteiger partial charge in [-0.25, -0.2) is 0 Å². The molecule has 0 saturated carbocycles. The van der Waals surface area contributed by atoms with E-state index in [1.165, 1.54) is 0 Å². The number of carbonyl (C=O) groups excluding carboxylic acids is 1. The van der Waals surface area contributed by atoms with Crippen LogP contribution in [0.5, 0.6) is 5.88 Å². The van der Waals surface area contributed by atoms with Crippen molar-refractivity contribution >= 4 is 11.7 Å². The molecule has 1 saturated heterocycles. The van der Waals surface area contributed by atoms with Crippen molar-refractivity contribution in [2.24, 2.45) is 5.92 Å². The molecule has 1 unspecified atom stereocenters. The molecule has 6 heteroatoms. The Bertz CT molecular complexity index is 459. The van der Waals surface area contributed by atoms with Gasteiger partial charge in [0.25, 0.3) is 0 Å². The maximum atomic E-state index is 11.9. The van der Waals surface area contributed by atoms with Crippen molar-refractivity contribution in [1.29, 1.82) is 0 Å². The molecule has 1 aliphatic heterocycles. The van der Waals surface area contributed by atoms with Crippen molar-refractivity contribution in [3.8, 4) is 5.88 Å². The molecule has 1 fully saturated rings. The maximum Gasteiger partial charge on any atom is 0.233 e. The second-order valence-electron chi connectivity index (χ2n) is 5.59. The molecule has 0 spiro atoms. The lowest BCUT2D eigenvalue weighted by atomic mass is 10.2. The third-order valence-electron chi connectivity index (χ3n) is 3.32. The lowest BCUT2D eigenvalue weighted by molar-refractivity contribution is -0.133. The van der Waals surface area contributed by atoms with E-state index < -0.39 is 0 Å². The summed E-state index contributed by atoms with van der Waals surface area (Å²) in [6, 6.07) is 3.68. The van der Waals surface area contributed by atoms with Gasteiger partial charge in [0.1, 0.15) is 6.10 Å². The molecule has 6 nitrogen and oxygen atoms in total. The molecule has 1 amide bonds. The van der Waals surface area contributed by atoms with Gasteiger partial charge >= 0.3 is 0 Å². The highest BCUT2D eigenvalue weighted by Crippen LogP contribution is 2.18. The van der Waals surface area contributed by atoms with E-state index in [1.807, 2.05) is 49.9 Å². The van der Waals surface area contributed by atoms with Gasteiger partial charge in [-0.2, -0.15) is 0 Å². The molecule has 0 bridgehead atoms. The Morgan fingerprint density at radius 1 is 1.40 bits per heavy atom. The quantitative estimate of drug-likeness (QED) is 0.827. The van der Waals surface area contributed by atoms with E-state index in [0.29, 0.717) is 12.4 Å². The van der Waals surface area contributed by atoms with Crippen molar-refractivity contribution in [2.75, 3.05) is 32.1 Å². The summed E-state index contributed by atoms with van der Waals surface area (Å²) >= 11 is 0. The minimum atomic E-state index is 0.0113. The Morgan fingerprint density at radius 2 is 2.15 bits per heavy atom. The highest BCUT2D eigenvalue weighted by molar-refractivity contribution is 5.78. The minimum absolute atomic E-state index is 0.0113. The number of nitrogens with zero attached hydrogens (tertiary/aromatic N) is 4. The Kier molecular flexibility index (Phi) is 4.42. The summed E-state index contributed by atoms with van der Waals surface area (Å²) in [7, 11) is 3.83. The Hall–Kier alpha value is -1.85. The predicted molar refractivity (Wildman–Crippen MR) is 76.8 cm³/mol. The summed E-state index contributed by atoms with van der Waals surface area (Å²) in [4.78, 5) is 15.6. The monoisotopic (exact) mass is 278 g/mol. The highest BCUT2D eigenvalue weighted by atomic mass is 16.5. The Balaban J connectivity index is 1.90. The van der Waals surface area contributed by atoms with Gasteiger partial charge < -0.3 is 14.5 Å². The van der Waals surface area contributed by atoms with Crippen LogP contribution in [0.3, 0.4) is 0 Å². The van der Waals surface area contributed by atoms with Crippen LogP contribution in [0.2, 0.25) is 0 Å². The second-order valence-corrected chi connectivity index (χ2v) is 5.59. The van der Waals surface area contributed by atoms with Crippen LogP contribution in [0.25, 0.3) is 0 Å². The zero-order chi connectivity index (χ0) is 14.7. The van der Waals surface area contributed by atoms with Crippen LogP contribution in [0.1, 0.15) is 20.3 Å². The molecule has 0 N–H and O–H groups in total. The first kappa shape index (κ1) is 14.6. The molecule has 1 aliphatic rings. The van der Waals surface area contributed by atoms with Crippen molar-refractivity contribution < 1.29 is 9.53 Å². The van der Waals surface area contributed by atoms with E-state index in [1.54, 1.807) is 0 Å². The molecule has 2 heterocycles. The topological polar surface area (TPSA) is 58.6 Å². The standard InChI is InChI=1S/C14H22N4O2/c1-10(2)14(19)18-8-7-11(9-18)20-13-6-5-12(15-16-13)17(3)4/h5-6,10-11H,7-9H2,1-4H3. The van der Waals surface area contributed by atoms with E-state index in [2.05, 4.69) is 10.2 Å². The zero-order valence-electron chi connectivity index (χ0n) is 12.5. The van der Waals surface area contributed by atoms with E-state index in [9.17, 15) is 4.79 Å². The van der Waals surface area contributed by atoms with Crippen molar-refractivity contribution in [2.45, 2.75) is 26.4 Å². The summed E-state index contributed by atoms with van der Waals surface area (Å²) in [6.07, 6.45) is 0.854. The fourth-order valence-corrected chi connectivity index (χ4v) is 2.17. The van der Waals surface area contributed by atoms with Crippen LogP contribution >= 0.6 is 0 Å². The molecule has 1 aromatic rings. The summed E-state index contributed by atoms with van der Waals surface area (Å²) in [5.74, 6) is 1.53.